The second kappa shape index (κ2) is 9.23. The van der Waals surface area contributed by atoms with Gasteiger partial charge in [-0.05, 0) is 38.0 Å². The lowest BCUT2D eigenvalue weighted by molar-refractivity contribution is -0.113. The summed E-state index contributed by atoms with van der Waals surface area (Å²) in [5.74, 6) is 1.54. The SMILES string of the molecule is COc1ccccc1NC(=O)C1=C(C)Nc2nc(CCCO)nn2C1c1cccc(C)c1. The Balaban J connectivity index is 1.77. The molecule has 0 bridgehead atoms. The maximum atomic E-state index is 13.5. The number of amides is 1. The zero-order valence-electron chi connectivity index (χ0n) is 18.4. The third-order valence-corrected chi connectivity index (χ3v) is 5.41. The molecule has 3 N–H and O–H groups in total. The number of allylic oxidation sites excluding steroid dienone is 1. The summed E-state index contributed by atoms with van der Waals surface area (Å²) in [7, 11) is 1.57. The zero-order chi connectivity index (χ0) is 22.7. The maximum absolute atomic E-state index is 13.5. The first-order chi connectivity index (χ1) is 15.5. The number of carbonyl (C=O) groups excluding carboxylic acids is 1. The molecular weight excluding hydrogens is 406 g/mol. The van der Waals surface area contributed by atoms with Crippen LogP contribution in [0, 0.1) is 6.92 Å². The van der Waals surface area contributed by atoms with E-state index < -0.39 is 6.04 Å². The molecule has 2 heterocycles. The number of aromatic nitrogens is 3. The Morgan fingerprint density at radius 1 is 1.22 bits per heavy atom. The molecule has 8 nitrogen and oxygen atoms in total. The van der Waals surface area contributed by atoms with Crippen LogP contribution in [-0.2, 0) is 11.2 Å². The number of carbonyl (C=O) groups is 1. The Kier molecular flexibility index (Phi) is 6.23. The van der Waals surface area contributed by atoms with Gasteiger partial charge in [0.2, 0.25) is 5.95 Å². The molecule has 0 spiro atoms. The van der Waals surface area contributed by atoms with Gasteiger partial charge < -0.3 is 20.5 Å². The smallest absolute Gasteiger partial charge is 0.255 e. The first-order valence-corrected chi connectivity index (χ1v) is 10.6. The van der Waals surface area contributed by atoms with E-state index in [0.717, 1.165) is 11.1 Å². The van der Waals surface area contributed by atoms with Gasteiger partial charge in [0.1, 0.15) is 11.8 Å². The number of benzene rings is 2. The molecule has 166 valence electrons. The number of nitrogens with zero attached hydrogens (tertiary/aromatic N) is 3. The third kappa shape index (κ3) is 4.22. The summed E-state index contributed by atoms with van der Waals surface area (Å²) in [6.45, 7) is 3.96. The molecule has 1 aliphatic heterocycles. The van der Waals surface area contributed by atoms with Gasteiger partial charge in [-0.1, -0.05) is 42.0 Å². The lowest BCUT2D eigenvalue weighted by Crippen LogP contribution is -2.31. The monoisotopic (exact) mass is 433 g/mol. The summed E-state index contributed by atoms with van der Waals surface area (Å²) in [6.07, 6.45) is 1.13. The van der Waals surface area contributed by atoms with Crippen molar-refractivity contribution in [3.8, 4) is 5.75 Å². The largest absolute Gasteiger partial charge is 0.495 e. The Labute approximate surface area is 186 Å². The number of fused-ring (bicyclic) bond motifs is 1. The summed E-state index contributed by atoms with van der Waals surface area (Å²) in [5, 5.41) is 20.1. The van der Waals surface area contributed by atoms with E-state index in [2.05, 4.69) is 26.8 Å². The average Bonchev–Trinajstić information content (AvgIpc) is 3.19. The number of ether oxygens (including phenoxy) is 1. The summed E-state index contributed by atoms with van der Waals surface area (Å²) in [5.41, 5.74) is 3.88. The van der Waals surface area contributed by atoms with E-state index >= 15 is 0 Å². The van der Waals surface area contributed by atoms with Crippen LogP contribution < -0.4 is 15.4 Å². The van der Waals surface area contributed by atoms with Gasteiger partial charge in [0.05, 0.1) is 18.4 Å². The second-order valence-corrected chi connectivity index (χ2v) is 7.76. The number of aryl methyl sites for hydroxylation is 2. The Hall–Kier alpha value is -3.65. The van der Waals surface area contributed by atoms with Crippen molar-refractivity contribution < 1.29 is 14.6 Å². The van der Waals surface area contributed by atoms with Crippen LogP contribution in [0.1, 0.15) is 36.3 Å². The molecule has 0 radical (unpaired) electrons. The molecule has 1 atom stereocenters. The van der Waals surface area contributed by atoms with E-state index in [4.69, 9.17) is 4.74 Å². The van der Waals surface area contributed by atoms with Crippen LogP contribution in [0.15, 0.2) is 59.8 Å². The molecule has 1 unspecified atom stereocenters. The lowest BCUT2D eigenvalue weighted by atomic mass is 9.94. The minimum Gasteiger partial charge on any atom is -0.495 e. The first-order valence-electron chi connectivity index (χ1n) is 10.6. The summed E-state index contributed by atoms with van der Waals surface area (Å²) in [4.78, 5) is 18.1. The van der Waals surface area contributed by atoms with Crippen LogP contribution in [0.5, 0.6) is 5.75 Å². The van der Waals surface area contributed by atoms with E-state index in [-0.39, 0.29) is 12.5 Å². The maximum Gasteiger partial charge on any atom is 0.255 e. The van der Waals surface area contributed by atoms with E-state index in [9.17, 15) is 9.90 Å². The topological polar surface area (TPSA) is 101 Å². The number of methoxy groups -OCH3 is 1. The molecule has 0 aliphatic carbocycles. The van der Waals surface area contributed by atoms with Crippen molar-refractivity contribution in [1.29, 1.82) is 0 Å². The molecule has 0 fully saturated rings. The van der Waals surface area contributed by atoms with E-state index in [1.165, 1.54) is 0 Å². The highest BCUT2D eigenvalue weighted by atomic mass is 16.5. The Morgan fingerprint density at radius 2 is 2.03 bits per heavy atom. The first kappa shape index (κ1) is 21.6. The number of aliphatic hydroxyl groups is 1. The number of para-hydroxylation sites is 2. The van der Waals surface area contributed by atoms with Crippen molar-refractivity contribution in [2.75, 3.05) is 24.4 Å². The molecule has 8 heteroatoms. The molecule has 1 aromatic heterocycles. The number of nitrogens with one attached hydrogen (secondary N) is 2. The van der Waals surface area contributed by atoms with Crippen LogP contribution in [0.3, 0.4) is 0 Å². The molecule has 1 amide bonds. The highest BCUT2D eigenvalue weighted by Crippen LogP contribution is 2.36. The minimum atomic E-state index is -0.448. The molecule has 0 saturated heterocycles. The standard InChI is InChI=1S/C24H27N5O3/c1-15-8-6-9-17(14-15)22-21(23(31)26-18-10-4-5-11-19(18)32-3)16(2)25-24-27-20(12-7-13-30)28-29(22)24/h4-6,8-11,14,22,30H,7,12-13H2,1-3H3,(H,26,31)(H,25,27,28). The summed E-state index contributed by atoms with van der Waals surface area (Å²) < 4.78 is 7.15. The van der Waals surface area contributed by atoms with Gasteiger partial charge in [0, 0.05) is 18.7 Å². The Bertz CT molecular complexity index is 1170. The van der Waals surface area contributed by atoms with E-state index in [1.54, 1.807) is 23.9 Å². The zero-order valence-corrected chi connectivity index (χ0v) is 18.4. The van der Waals surface area contributed by atoms with Crippen LogP contribution in [0.25, 0.3) is 0 Å². The molecule has 4 rings (SSSR count). The van der Waals surface area contributed by atoms with Crippen molar-refractivity contribution in [2.45, 2.75) is 32.7 Å². The van der Waals surface area contributed by atoms with E-state index in [1.807, 2.05) is 44.2 Å². The number of aliphatic hydroxyl groups excluding tert-OH is 1. The number of hydrogen-bond donors (Lipinski definition) is 3. The molecule has 1 aliphatic rings. The van der Waals surface area contributed by atoms with Gasteiger partial charge in [0.25, 0.3) is 5.91 Å². The van der Waals surface area contributed by atoms with Gasteiger partial charge in [-0.2, -0.15) is 10.1 Å². The average molecular weight is 434 g/mol. The summed E-state index contributed by atoms with van der Waals surface area (Å²) >= 11 is 0. The second-order valence-electron chi connectivity index (χ2n) is 7.76. The quantitative estimate of drug-likeness (QED) is 0.528. The third-order valence-electron chi connectivity index (χ3n) is 5.41. The number of hydrogen-bond acceptors (Lipinski definition) is 6. The highest BCUT2D eigenvalue weighted by Gasteiger charge is 2.34. The predicted molar refractivity (Wildman–Crippen MR) is 123 cm³/mol. The fourth-order valence-corrected chi connectivity index (χ4v) is 3.92. The van der Waals surface area contributed by atoms with Gasteiger partial charge in [-0.25, -0.2) is 4.68 Å². The van der Waals surface area contributed by atoms with Crippen molar-refractivity contribution in [3.05, 3.63) is 76.8 Å². The van der Waals surface area contributed by atoms with Gasteiger partial charge in [0.15, 0.2) is 5.82 Å². The van der Waals surface area contributed by atoms with Crippen molar-refractivity contribution in [3.63, 3.8) is 0 Å². The fraction of sp³-hybridized carbons (Fsp3) is 0.292. The van der Waals surface area contributed by atoms with E-state index in [0.29, 0.717) is 47.3 Å². The number of rotatable bonds is 7. The van der Waals surface area contributed by atoms with Crippen molar-refractivity contribution >= 4 is 17.5 Å². The van der Waals surface area contributed by atoms with Crippen LogP contribution in [0.4, 0.5) is 11.6 Å². The van der Waals surface area contributed by atoms with Gasteiger partial charge in [-0.3, -0.25) is 4.79 Å². The van der Waals surface area contributed by atoms with Gasteiger partial charge in [-0.15, -0.1) is 0 Å². The summed E-state index contributed by atoms with van der Waals surface area (Å²) in [6, 6.07) is 14.9. The van der Waals surface area contributed by atoms with Gasteiger partial charge >= 0.3 is 0 Å². The number of anilines is 2. The molecule has 32 heavy (non-hydrogen) atoms. The van der Waals surface area contributed by atoms with Crippen molar-refractivity contribution in [2.24, 2.45) is 0 Å². The van der Waals surface area contributed by atoms with Crippen LogP contribution in [0.2, 0.25) is 0 Å². The molecule has 3 aromatic rings. The minimum absolute atomic E-state index is 0.0719. The predicted octanol–water partition coefficient (Wildman–Crippen LogP) is 3.45. The Morgan fingerprint density at radius 3 is 2.78 bits per heavy atom. The van der Waals surface area contributed by atoms with Crippen LogP contribution >= 0.6 is 0 Å². The molecule has 2 aromatic carbocycles. The normalized spacial score (nSPS) is 15.2. The fourth-order valence-electron chi connectivity index (χ4n) is 3.92. The molecule has 0 saturated carbocycles. The van der Waals surface area contributed by atoms with Crippen molar-refractivity contribution in [1.82, 2.24) is 14.8 Å². The van der Waals surface area contributed by atoms with Crippen LogP contribution in [-0.4, -0.2) is 39.5 Å². The highest BCUT2D eigenvalue weighted by molar-refractivity contribution is 6.06. The lowest BCUT2D eigenvalue weighted by Gasteiger charge is -2.29. The molecular formula is C24H27N5O3.